The third kappa shape index (κ3) is 3.91. The van der Waals surface area contributed by atoms with E-state index in [0.717, 1.165) is 25.9 Å². The van der Waals surface area contributed by atoms with Crippen molar-refractivity contribution in [3.05, 3.63) is 54.1 Å². The summed E-state index contributed by atoms with van der Waals surface area (Å²) in [6, 6.07) is 14.8. The summed E-state index contributed by atoms with van der Waals surface area (Å²) < 4.78 is 5.46. The van der Waals surface area contributed by atoms with E-state index in [9.17, 15) is 4.79 Å². The lowest BCUT2D eigenvalue weighted by Gasteiger charge is -2.37. The van der Waals surface area contributed by atoms with Crippen molar-refractivity contribution in [1.29, 1.82) is 0 Å². The van der Waals surface area contributed by atoms with Crippen LogP contribution in [0.1, 0.15) is 18.4 Å². The first-order valence-corrected chi connectivity index (χ1v) is 10.1. The maximum atomic E-state index is 12.8. The molecule has 5 nitrogen and oxygen atoms in total. The smallest absolute Gasteiger partial charge is 0.318 e. The molecule has 0 bridgehead atoms. The van der Waals surface area contributed by atoms with E-state index in [2.05, 4.69) is 59.2 Å². The predicted molar refractivity (Wildman–Crippen MR) is 113 cm³/mol. The van der Waals surface area contributed by atoms with Crippen molar-refractivity contribution in [2.75, 3.05) is 46.4 Å². The van der Waals surface area contributed by atoms with Gasteiger partial charge in [0, 0.05) is 32.2 Å². The molecular weight excluding hydrogens is 350 g/mol. The second-order valence-corrected chi connectivity index (χ2v) is 7.98. The minimum absolute atomic E-state index is 0.0143. The van der Waals surface area contributed by atoms with Crippen molar-refractivity contribution < 1.29 is 9.53 Å². The molecule has 0 atom stereocenters. The highest BCUT2D eigenvalue weighted by Crippen LogP contribution is 2.30. The van der Waals surface area contributed by atoms with Gasteiger partial charge in [-0.25, -0.2) is 4.79 Å². The lowest BCUT2D eigenvalue weighted by Crippen LogP contribution is -2.49. The van der Waals surface area contributed by atoms with Crippen molar-refractivity contribution in [3.8, 4) is 0 Å². The zero-order chi connectivity index (χ0) is 19.4. The third-order valence-corrected chi connectivity index (χ3v) is 6.07. The number of hydrogen-bond donors (Lipinski definition) is 2. The summed E-state index contributed by atoms with van der Waals surface area (Å²) in [5, 5.41) is 9.04. The van der Waals surface area contributed by atoms with E-state index in [1.54, 1.807) is 7.11 Å². The number of piperidine rings is 1. The molecule has 1 fully saturated rings. The van der Waals surface area contributed by atoms with Crippen molar-refractivity contribution in [1.82, 2.24) is 15.5 Å². The zero-order valence-corrected chi connectivity index (χ0v) is 16.5. The Morgan fingerprint density at radius 3 is 2.79 bits per heavy atom. The van der Waals surface area contributed by atoms with Crippen LogP contribution in [-0.2, 0) is 4.74 Å². The maximum Gasteiger partial charge on any atom is 0.318 e. The summed E-state index contributed by atoms with van der Waals surface area (Å²) in [5.74, 6) is 0. The number of nitrogens with zero attached hydrogens (tertiary/aromatic N) is 1. The Morgan fingerprint density at radius 1 is 1.18 bits per heavy atom. The Bertz CT molecular complexity index is 860. The molecular formula is C23H29N3O2. The van der Waals surface area contributed by atoms with Gasteiger partial charge in [-0.15, -0.1) is 0 Å². The highest BCUT2D eigenvalue weighted by molar-refractivity contribution is 5.95. The highest BCUT2D eigenvalue weighted by atomic mass is 16.5. The molecule has 2 N–H and O–H groups in total. The normalized spacial score (nSPS) is 18.9. The Morgan fingerprint density at radius 2 is 1.96 bits per heavy atom. The molecule has 2 heterocycles. The van der Waals surface area contributed by atoms with Gasteiger partial charge < -0.3 is 20.3 Å². The number of carbonyl (C=O) groups excluding carboxylic acids is 1. The fraction of sp³-hybridized carbons (Fsp3) is 0.435. The molecule has 0 saturated carbocycles. The highest BCUT2D eigenvalue weighted by Gasteiger charge is 2.33. The summed E-state index contributed by atoms with van der Waals surface area (Å²) in [7, 11) is 1.74. The molecule has 0 spiro atoms. The number of urea groups is 1. The van der Waals surface area contributed by atoms with Crippen LogP contribution in [0.3, 0.4) is 0 Å². The van der Waals surface area contributed by atoms with Crippen LogP contribution in [0, 0.1) is 5.41 Å². The van der Waals surface area contributed by atoms with E-state index >= 15 is 0 Å². The van der Waals surface area contributed by atoms with Gasteiger partial charge in [-0.3, -0.25) is 0 Å². The van der Waals surface area contributed by atoms with Crippen LogP contribution in [0.25, 0.3) is 16.3 Å². The molecule has 2 aliphatic rings. The molecule has 2 aliphatic heterocycles. The number of rotatable bonds is 5. The van der Waals surface area contributed by atoms with E-state index in [4.69, 9.17) is 4.74 Å². The summed E-state index contributed by atoms with van der Waals surface area (Å²) in [6.07, 6.45) is 4.23. The fourth-order valence-electron chi connectivity index (χ4n) is 4.42. The number of benzene rings is 2. The molecule has 28 heavy (non-hydrogen) atoms. The molecule has 2 aromatic rings. The van der Waals surface area contributed by atoms with Crippen LogP contribution in [-0.4, -0.2) is 57.4 Å². The van der Waals surface area contributed by atoms with Gasteiger partial charge in [-0.1, -0.05) is 48.5 Å². The van der Waals surface area contributed by atoms with Gasteiger partial charge in [-0.05, 0) is 47.8 Å². The number of fused-ring (bicyclic) bond motifs is 1. The van der Waals surface area contributed by atoms with Crippen LogP contribution in [0.15, 0.2) is 48.5 Å². The van der Waals surface area contributed by atoms with Gasteiger partial charge in [0.25, 0.3) is 0 Å². The van der Waals surface area contributed by atoms with E-state index in [1.165, 1.54) is 21.9 Å². The van der Waals surface area contributed by atoms with Crippen molar-refractivity contribution in [3.63, 3.8) is 0 Å². The Hall–Kier alpha value is -2.37. The molecule has 0 radical (unpaired) electrons. The predicted octanol–water partition coefficient (Wildman–Crippen LogP) is 3.26. The van der Waals surface area contributed by atoms with Gasteiger partial charge in [-0.2, -0.15) is 0 Å². The first-order valence-electron chi connectivity index (χ1n) is 10.1. The zero-order valence-electron chi connectivity index (χ0n) is 16.5. The lowest BCUT2D eigenvalue weighted by molar-refractivity contribution is 0.0545. The van der Waals surface area contributed by atoms with Crippen molar-refractivity contribution in [2.45, 2.75) is 12.8 Å². The van der Waals surface area contributed by atoms with Gasteiger partial charge in [0.05, 0.1) is 6.61 Å². The Kier molecular flexibility index (Phi) is 5.64. The van der Waals surface area contributed by atoms with Gasteiger partial charge in [0.1, 0.15) is 0 Å². The summed E-state index contributed by atoms with van der Waals surface area (Å²) >= 11 is 0. The van der Waals surface area contributed by atoms with Crippen molar-refractivity contribution >= 4 is 22.4 Å². The number of ether oxygens (including phenoxy) is 1. The van der Waals surface area contributed by atoms with E-state index in [0.29, 0.717) is 26.2 Å². The SMILES string of the molecule is COCC1(CNC(=O)N2CC=C(c3cccc4ccccc34)C2)CCNCC1. The van der Waals surface area contributed by atoms with E-state index in [1.807, 2.05) is 4.90 Å². The summed E-state index contributed by atoms with van der Waals surface area (Å²) in [6.45, 7) is 4.63. The molecule has 1 saturated heterocycles. The molecule has 0 aliphatic carbocycles. The standard InChI is InChI=1S/C23H29N3O2/c1-28-17-23(10-12-24-13-11-23)16-25-22(27)26-14-9-19(15-26)21-8-4-6-18-5-2-3-7-20(18)21/h2-9,24H,10-17H2,1H3,(H,25,27). The molecule has 148 valence electrons. The summed E-state index contributed by atoms with van der Waals surface area (Å²) in [4.78, 5) is 14.7. The maximum absolute atomic E-state index is 12.8. The van der Waals surface area contributed by atoms with Crippen LogP contribution >= 0.6 is 0 Å². The number of carbonyl (C=O) groups is 1. The van der Waals surface area contributed by atoms with Gasteiger partial charge in [0.15, 0.2) is 0 Å². The first kappa shape index (κ1) is 19.0. The largest absolute Gasteiger partial charge is 0.384 e. The molecule has 2 amide bonds. The fourth-order valence-corrected chi connectivity index (χ4v) is 4.42. The number of nitrogens with one attached hydrogen (secondary N) is 2. The van der Waals surface area contributed by atoms with Gasteiger partial charge in [0.2, 0.25) is 0 Å². The Balaban J connectivity index is 1.40. The van der Waals surface area contributed by atoms with Crippen molar-refractivity contribution in [2.24, 2.45) is 5.41 Å². The number of hydrogen-bond acceptors (Lipinski definition) is 3. The molecule has 4 rings (SSSR count). The molecule has 0 aromatic heterocycles. The van der Waals surface area contributed by atoms with Crippen LogP contribution < -0.4 is 10.6 Å². The lowest BCUT2D eigenvalue weighted by atomic mass is 9.79. The van der Waals surface area contributed by atoms with Crippen LogP contribution in [0.5, 0.6) is 0 Å². The molecule has 2 aromatic carbocycles. The number of methoxy groups -OCH3 is 1. The molecule has 0 unspecified atom stereocenters. The topological polar surface area (TPSA) is 53.6 Å². The minimum Gasteiger partial charge on any atom is -0.384 e. The third-order valence-electron chi connectivity index (χ3n) is 6.07. The average molecular weight is 380 g/mol. The number of amides is 2. The van der Waals surface area contributed by atoms with E-state index < -0.39 is 0 Å². The molecule has 5 heteroatoms. The minimum atomic E-state index is 0.0143. The Labute approximate surface area is 166 Å². The monoisotopic (exact) mass is 379 g/mol. The quantitative estimate of drug-likeness (QED) is 0.838. The summed E-state index contributed by atoms with van der Waals surface area (Å²) in [5.41, 5.74) is 2.49. The second kappa shape index (κ2) is 8.33. The average Bonchev–Trinajstić information content (AvgIpc) is 3.23. The second-order valence-electron chi connectivity index (χ2n) is 7.98. The first-order chi connectivity index (χ1) is 13.7. The van der Waals surface area contributed by atoms with Crippen LogP contribution in [0.2, 0.25) is 0 Å². The van der Waals surface area contributed by atoms with E-state index in [-0.39, 0.29) is 11.4 Å². The van der Waals surface area contributed by atoms with Crippen LogP contribution in [0.4, 0.5) is 4.79 Å². The van der Waals surface area contributed by atoms with Gasteiger partial charge >= 0.3 is 6.03 Å².